The van der Waals surface area contributed by atoms with Crippen molar-refractivity contribution in [1.82, 2.24) is 14.8 Å². The lowest BCUT2D eigenvalue weighted by molar-refractivity contribution is -0.143. The molecule has 0 amide bonds. The summed E-state index contributed by atoms with van der Waals surface area (Å²) in [7, 11) is 1.27. The molecule has 0 unspecified atom stereocenters. The Morgan fingerprint density at radius 1 is 1.39 bits per heavy atom. The van der Waals surface area contributed by atoms with E-state index in [2.05, 4.69) is 14.8 Å². The molecule has 0 fully saturated rings. The van der Waals surface area contributed by atoms with Crippen molar-refractivity contribution in [3.63, 3.8) is 0 Å². The van der Waals surface area contributed by atoms with Crippen LogP contribution in [0.25, 0.3) is 5.82 Å². The van der Waals surface area contributed by atoms with E-state index in [9.17, 15) is 18.0 Å². The molecule has 0 radical (unpaired) electrons. The number of alkyl halides is 3. The molecule has 124 valence electrons. The summed E-state index contributed by atoms with van der Waals surface area (Å²) < 4.78 is 50.0. The van der Waals surface area contributed by atoms with Gasteiger partial charge in [-0.2, -0.15) is 23.3 Å². The third-order valence-corrected chi connectivity index (χ3v) is 3.03. The molecule has 2 aromatic heterocycles. The van der Waals surface area contributed by atoms with Crippen LogP contribution in [0.2, 0.25) is 5.02 Å². The maximum Gasteiger partial charge on any atom is 0.434 e. The molecular formula is C13H11ClF3N3O3. The highest BCUT2D eigenvalue weighted by atomic mass is 35.5. The van der Waals surface area contributed by atoms with Gasteiger partial charge in [0.1, 0.15) is 10.6 Å². The Morgan fingerprint density at radius 3 is 2.65 bits per heavy atom. The van der Waals surface area contributed by atoms with Crippen LogP contribution in [0.15, 0.2) is 18.3 Å². The predicted octanol–water partition coefficient (Wildman–Crippen LogP) is 3.12. The minimum Gasteiger partial charge on any atom is -0.480 e. The summed E-state index contributed by atoms with van der Waals surface area (Å²) in [6, 6.07) is 2.54. The molecule has 0 aliphatic rings. The van der Waals surface area contributed by atoms with Crippen LogP contribution in [0.1, 0.15) is 23.0 Å². The number of aromatic nitrogens is 3. The van der Waals surface area contributed by atoms with Crippen LogP contribution < -0.4 is 4.74 Å². The van der Waals surface area contributed by atoms with E-state index < -0.39 is 23.4 Å². The van der Waals surface area contributed by atoms with Crippen LogP contribution in [0.3, 0.4) is 0 Å². The van der Waals surface area contributed by atoms with Gasteiger partial charge in [-0.05, 0) is 19.1 Å². The number of pyridine rings is 1. The van der Waals surface area contributed by atoms with Gasteiger partial charge in [0.2, 0.25) is 5.88 Å². The second kappa shape index (κ2) is 6.45. The first kappa shape index (κ1) is 17.1. The Hall–Kier alpha value is -2.29. The third-order valence-electron chi connectivity index (χ3n) is 2.74. The van der Waals surface area contributed by atoms with Crippen molar-refractivity contribution in [2.45, 2.75) is 13.1 Å². The first-order valence-electron chi connectivity index (χ1n) is 6.32. The Balaban J connectivity index is 2.62. The summed E-state index contributed by atoms with van der Waals surface area (Å²) in [5.41, 5.74) is -1.98. The highest BCUT2D eigenvalue weighted by molar-refractivity contribution is 6.31. The van der Waals surface area contributed by atoms with Crippen molar-refractivity contribution in [2.24, 2.45) is 0 Å². The molecule has 0 bridgehead atoms. The zero-order chi connectivity index (χ0) is 17.2. The zero-order valence-electron chi connectivity index (χ0n) is 12.0. The van der Waals surface area contributed by atoms with Gasteiger partial charge >= 0.3 is 12.1 Å². The summed E-state index contributed by atoms with van der Waals surface area (Å²) >= 11 is 5.80. The van der Waals surface area contributed by atoms with Gasteiger partial charge in [-0.15, -0.1) is 0 Å². The monoisotopic (exact) mass is 349 g/mol. The van der Waals surface area contributed by atoms with Crippen LogP contribution >= 0.6 is 11.6 Å². The van der Waals surface area contributed by atoms with Crippen LogP contribution in [0.4, 0.5) is 13.2 Å². The highest BCUT2D eigenvalue weighted by Crippen LogP contribution is 2.34. The fourth-order valence-corrected chi connectivity index (χ4v) is 2.01. The predicted molar refractivity (Wildman–Crippen MR) is 73.9 cm³/mol. The molecule has 2 aromatic rings. The summed E-state index contributed by atoms with van der Waals surface area (Å²) in [4.78, 5) is 15.5. The topological polar surface area (TPSA) is 66.2 Å². The van der Waals surface area contributed by atoms with Crippen molar-refractivity contribution < 1.29 is 27.4 Å². The average molecular weight is 350 g/mol. The van der Waals surface area contributed by atoms with E-state index in [4.69, 9.17) is 16.3 Å². The normalized spacial score (nSPS) is 11.4. The van der Waals surface area contributed by atoms with Gasteiger partial charge in [0.25, 0.3) is 0 Å². The number of hydrogen-bond donors (Lipinski definition) is 0. The molecule has 2 rings (SSSR count). The SMILES string of the molecule is CCOC(=O)c1cnn(-c2ccc(Cl)c(OC)n2)c1C(F)(F)F. The summed E-state index contributed by atoms with van der Waals surface area (Å²) in [6.45, 7) is 1.43. The molecule has 10 heteroatoms. The van der Waals surface area contributed by atoms with E-state index in [0.717, 1.165) is 6.20 Å². The largest absolute Gasteiger partial charge is 0.480 e. The van der Waals surface area contributed by atoms with Crippen LogP contribution in [-0.4, -0.2) is 34.5 Å². The number of nitrogens with zero attached hydrogens (tertiary/aromatic N) is 3. The molecule has 0 spiro atoms. The standard InChI is InChI=1S/C13H11ClF3N3O3/c1-3-23-12(21)7-6-18-20(10(7)13(15,16)17)9-5-4-8(14)11(19-9)22-2/h4-6H,3H2,1-2H3. The first-order chi connectivity index (χ1) is 10.8. The molecule has 0 aliphatic carbocycles. The van der Waals surface area contributed by atoms with Gasteiger partial charge in [-0.1, -0.05) is 11.6 Å². The summed E-state index contributed by atoms with van der Waals surface area (Å²) in [5, 5.41) is 3.72. The molecule has 0 N–H and O–H groups in total. The molecular weight excluding hydrogens is 339 g/mol. The number of methoxy groups -OCH3 is 1. The second-order valence-corrected chi connectivity index (χ2v) is 4.60. The smallest absolute Gasteiger partial charge is 0.434 e. The van der Waals surface area contributed by atoms with Gasteiger partial charge < -0.3 is 9.47 Å². The number of halogens is 4. The van der Waals surface area contributed by atoms with Crippen molar-refractivity contribution in [3.05, 3.63) is 34.6 Å². The molecule has 0 aliphatic heterocycles. The Kier molecular flexibility index (Phi) is 4.79. The van der Waals surface area contributed by atoms with E-state index in [1.165, 1.54) is 26.2 Å². The number of ether oxygens (including phenoxy) is 2. The lowest BCUT2D eigenvalue weighted by atomic mass is 10.2. The van der Waals surface area contributed by atoms with Crippen LogP contribution in [-0.2, 0) is 10.9 Å². The molecule has 0 aromatic carbocycles. The number of hydrogen-bond acceptors (Lipinski definition) is 5. The van der Waals surface area contributed by atoms with E-state index in [-0.39, 0.29) is 23.3 Å². The highest BCUT2D eigenvalue weighted by Gasteiger charge is 2.41. The quantitative estimate of drug-likeness (QED) is 0.793. The molecule has 0 saturated carbocycles. The first-order valence-corrected chi connectivity index (χ1v) is 6.70. The van der Waals surface area contributed by atoms with Gasteiger partial charge in [0.15, 0.2) is 11.5 Å². The van der Waals surface area contributed by atoms with Crippen molar-refractivity contribution in [2.75, 3.05) is 13.7 Å². The van der Waals surface area contributed by atoms with E-state index in [0.29, 0.717) is 4.68 Å². The Morgan fingerprint density at radius 2 is 2.09 bits per heavy atom. The molecule has 2 heterocycles. The lowest BCUT2D eigenvalue weighted by Crippen LogP contribution is -2.19. The van der Waals surface area contributed by atoms with Gasteiger partial charge in [0, 0.05) is 0 Å². The maximum absolute atomic E-state index is 13.3. The average Bonchev–Trinajstić information content (AvgIpc) is 2.93. The van der Waals surface area contributed by atoms with Crippen molar-refractivity contribution in [1.29, 1.82) is 0 Å². The summed E-state index contributed by atoms with van der Waals surface area (Å²) in [5.74, 6) is -1.38. The number of carbonyl (C=O) groups excluding carboxylic acids is 1. The Labute approximate surface area is 133 Å². The molecule has 23 heavy (non-hydrogen) atoms. The summed E-state index contributed by atoms with van der Waals surface area (Å²) in [6.07, 6.45) is -4.06. The zero-order valence-corrected chi connectivity index (χ0v) is 12.8. The van der Waals surface area contributed by atoms with Crippen LogP contribution in [0.5, 0.6) is 5.88 Å². The minimum absolute atomic E-state index is 0.0612. The van der Waals surface area contributed by atoms with Gasteiger partial charge in [-0.3, -0.25) is 0 Å². The molecule has 6 nitrogen and oxygen atoms in total. The van der Waals surface area contributed by atoms with Gasteiger partial charge in [-0.25, -0.2) is 9.48 Å². The number of esters is 1. The van der Waals surface area contributed by atoms with E-state index in [1.54, 1.807) is 0 Å². The van der Waals surface area contributed by atoms with Gasteiger partial charge in [0.05, 0.1) is 19.9 Å². The molecule has 0 saturated heterocycles. The fraction of sp³-hybridized carbons (Fsp3) is 0.308. The van der Waals surface area contributed by atoms with E-state index >= 15 is 0 Å². The maximum atomic E-state index is 13.3. The number of carbonyl (C=O) groups is 1. The van der Waals surface area contributed by atoms with E-state index in [1.807, 2.05) is 0 Å². The Bertz CT molecular complexity index is 731. The van der Waals surface area contributed by atoms with Crippen LogP contribution in [0, 0.1) is 0 Å². The fourth-order valence-electron chi connectivity index (χ4n) is 1.83. The molecule has 0 atom stereocenters. The number of rotatable bonds is 4. The lowest BCUT2D eigenvalue weighted by Gasteiger charge is -2.12. The minimum atomic E-state index is -4.84. The third kappa shape index (κ3) is 3.39. The van der Waals surface area contributed by atoms with Crippen molar-refractivity contribution >= 4 is 17.6 Å². The second-order valence-electron chi connectivity index (χ2n) is 4.20. The van der Waals surface area contributed by atoms with Crippen molar-refractivity contribution in [3.8, 4) is 11.7 Å².